The molecule has 1 unspecified atom stereocenters. The van der Waals surface area contributed by atoms with Crippen molar-refractivity contribution in [2.75, 3.05) is 0 Å². The fourth-order valence-electron chi connectivity index (χ4n) is 2.74. The molecule has 1 aliphatic heterocycles. The predicted molar refractivity (Wildman–Crippen MR) is 86.4 cm³/mol. The van der Waals surface area contributed by atoms with Gasteiger partial charge in [-0.15, -0.1) is 0 Å². The molecule has 4 heteroatoms. The van der Waals surface area contributed by atoms with E-state index in [0.29, 0.717) is 6.42 Å². The van der Waals surface area contributed by atoms with Crippen molar-refractivity contribution in [1.82, 2.24) is 4.40 Å². The third-order valence-electron chi connectivity index (χ3n) is 3.80. The zero-order chi connectivity index (χ0) is 14.4. The minimum absolute atomic E-state index is 0.153. The lowest BCUT2D eigenvalue weighted by Crippen LogP contribution is -2.11. The summed E-state index contributed by atoms with van der Waals surface area (Å²) in [7, 11) is 0. The average Bonchev–Trinajstić information content (AvgIpc) is 2.87. The monoisotopic (exact) mass is 313 g/mol. The van der Waals surface area contributed by atoms with Crippen LogP contribution in [0.1, 0.15) is 27.6 Å². The van der Waals surface area contributed by atoms with Crippen LogP contribution in [0, 0.1) is 0 Å². The number of carbonyl (C=O) groups is 1. The molecule has 1 aromatic carbocycles. The molecule has 0 saturated carbocycles. The van der Waals surface area contributed by atoms with Crippen LogP contribution in [0.4, 0.5) is 0 Å². The zero-order valence-electron chi connectivity index (χ0n) is 11.1. The van der Waals surface area contributed by atoms with Crippen molar-refractivity contribution in [2.24, 2.45) is 0 Å². The Morgan fingerprint density at radius 2 is 1.95 bits per heavy atom. The van der Waals surface area contributed by atoms with Crippen LogP contribution in [0.2, 0.25) is 5.02 Å². The number of Topliss-reactive ketones (excluding diaryl/α,β-unsaturated/α-hetero) is 1. The van der Waals surface area contributed by atoms with Crippen LogP contribution in [-0.4, -0.2) is 10.2 Å². The Labute approximate surface area is 131 Å². The quantitative estimate of drug-likeness (QED) is 0.629. The number of halogens is 1. The number of carbonyl (C=O) groups excluding carboxylic acids is 1. The number of ketones is 1. The van der Waals surface area contributed by atoms with Crippen molar-refractivity contribution in [3.8, 4) is 0 Å². The molecule has 3 heterocycles. The van der Waals surface area contributed by atoms with Crippen LogP contribution in [-0.2, 0) is 0 Å². The third-order valence-corrected chi connectivity index (χ3v) is 5.41. The highest BCUT2D eigenvalue weighted by Crippen LogP contribution is 2.45. The van der Waals surface area contributed by atoms with Crippen LogP contribution in [0.25, 0.3) is 5.52 Å². The largest absolute Gasteiger partial charge is 0.311 e. The normalized spacial score (nSPS) is 18.0. The number of fused-ring (bicyclic) bond motifs is 3. The van der Waals surface area contributed by atoms with Crippen molar-refractivity contribution < 1.29 is 4.79 Å². The minimum atomic E-state index is 0.153. The van der Waals surface area contributed by atoms with E-state index in [9.17, 15) is 4.79 Å². The lowest BCUT2D eigenvalue weighted by Gasteiger charge is -2.21. The van der Waals surface area contributed by atoms with Gasteiger partial charge in [0.05, 0.1) is 10.6 Å². The Kier molecular flexibility index (Phi) is 3.05. The lowest BCUT2D eigenvalue weighted by atomic mass is 10.0. The Balaban J connectivity index is 1.80. The fraction of sp³-hybridized carbons (Fsp3) is 0.118. The minimum Gasteiger partial charge on any atom is -0.311 e. The summed E-state index contributed by atoms with van der Waals surface area (Å²) < 4.78 is 2.10. The zero-order valence-corrected chi connectivity index (χ0v) is 12.7. The molecule has 3 aromatic rings. The first-order chi connectivity index (χ1) is 10.2. The van der Waals surface area contributed by atoms with E-state index in [0.717, 1.165) is 26.7 Å². The number of hydrogen-bond donors (Lipinski definition) is 0. The molecular formula is C17H12ClNOS. The van der Waals surface area contributed by atoms with Crippen molar-refractivity contribution in [1.29, 1.82) is 0 Å². The van der Waals surface area contributed by atoms with Gasteiger partial charge in [-0.05, 0) is 35.9 Å². The molecule has 0 fully saturated rings. The van der Waals surface area contributed by atoms with Gasteiger partial charge in [0.15, 0.2) is 5.78 Å². The molecule has 21 heavy (non-hydrogen) atoms. The van der Waals surface area contributed by atoms with Crippen LogP contribution < -0.4 is 0 Å². The third kappa shape index (κ3) is 2.17. The number of benzene rings is 1. The van der Waals surface area contributed by atoms with Crippen molar-refractivity contribution >= 4 is 34.7 Å². The lowest BCUT2D eigenvalue weighted by molar-refractivity contribution is 0.0976. The SMILES string of the molecule is O=C1CC(c2ccc(Cl)cc2)Sc2c1cc1ccccn21. The number of thioether (sulfide) groups is 1. The van der Waals surface area contributed by atoms with Crippen LogP contribution in [0.15, 0.2) is 59.8 Å². The molecule has 0 amide bonds. The number of aromatic nitrogens is 1. The maximum Gasteiger partial charge on any atom is 0.167 e. The number of pyridine rings is 1. The Bertz CT molecular complexity index is 838. The molecule has 2 nitrogen and oxygen atoms in total. The molecule has 2 aromatic heterocycles. The number of rotatable bonds is 1. The molecule has 0 bridgehead atoms. The Morgan fingerprint density at radius 3 is 2.76 bits per heavy atom. The van der Waals surface area contributed by atoms with Crippen molar-refractivity contribution in [2.45, 2.75) is 16.7 Å². The van der Waals surface area contributed by atoms with Crippen LogP contribution in [0.5, 0.6) is 0 Å². The number of hydrogen-bond acceptors (Lipinski definition) is 2. The highest BCUT2D eigenvalue weighted by atomic mass is 35.5. The van der Waals surface area contributed by atoms with Crippen LogP contribution >= 0.6 is 23.4 Å². The van der Waals surface area contributed by atoms with Gasteiger partial charge in [-0.25, -0.2) is 0 Å². The first-order valence-electron chi connectivity index (χ1n) is 6.78. The van der Waals surface area contributed by atoms with Gasteiger partial charge in [0, 0.05) is 28.4 Å². The van der Waals surface area contributed by atoms with Gasteiger partial charge in [0.1, 0.15) is 0 Å². The summed E-state index contributed by atoms with van der Waals surface area (Å²) in [6, 6.07) is 15.8. The van der Waals surface area contributed by atoms with E-state index in [2.05, 4.69) is 4.40 Å². The summed E-state index contributed by atoms with van der Waals surface area (Å²) in [6.07, 6.45) is 2.55. The number of nitrogens with zero attached hydrogens (tertiary/aromatic N) is 1. The summed E-state index contributed by atoms with van der Waals surface area (Å²) in [5.74, 6) is 0.215. The van der Waals surface area contributed by atoms with Crippen LogP contribution in [0.3, 0.4) is 0 Å². The second kappa shape index (κ2) is 4.93. The molecule has 0 aliphatic carbocycles. The van der Waals surface area contributed by atoms with E-state index in [1.54, 1.807) is 11.8 Å². The maximum atomic E-state index is 12.5. The van der Waals surface area contributed by atoms with E-state index >= 15 is 0 Å². The first kappa shape index (κ1) is 13.0. The topological polar surface area (TPSA) is 21.5 Å². The van der Waals surface area contributed by atoms with E-state index in [1.165, 1.54) is 0 Å². The van der Waals surface area contributed by atoms with Gasteiger partial charge in [-0.3, -0.25) is 4.79 Å². The van der Waals surface area contributed by atoms with E-state index in [-0.39, 0.29) is 11.0 Å². The average molecular weight is 314 g/mol. The van der Waals surface area contributed by atoms with Gasteiger partial charge >= 0.3 is 0 Å². The van der Waals surface area contributed by atoms with Gasteiger partial charge in [-0.2, -0.15) is 0 Å². The molecule has 104 valence electrons. The summed E-state index contributed by atoms with van der Waals surface area (Å²) in [5, 5.41) is 1.92. The summed E-state index contributed by atoms with van der Waals surface area (Å²) in [4.78, 5) is 12.5. The molecule has 0 radical (unpaired) electrons. The Morgan fingerprint density at radius 1 is 1.14 bits per heavy atom. The second-order valence-corrected chi connectivity index (χ2v) is 6.77. The van der Waals surface area contributed by atoms with Crippen molar-refractivity contribution in [3.05, 3.63) is 70.9 Å². The highest BCUT2D eigenvalue weighted by Gasteiger charge is 2.29. The highest BCUT2D eigenvalue weighted by molar-refractivity contribution is 7.99. The molecule has 0 saturated heterocycles. The fourth-order valence-corrected chi connectivity index (χ4v) is 4.24. The smallest absolute Gasteiger partial charge is 0.167 e. The molecule has 4 rings (SSSR count). The standard InChI is InChI=1S/C17H12ClNOS/c18-12-6-4-11(5-7-12)16-10-15(20)14-9-13-3-1-2-8-19(13)17(14)21-16/h1-9,16H,10H2. The second-order valence-electron chi connectivity index (χ2n) is 5.14. The van der Waals surface area contributed by atoms with Gasteiger partial charge < -0.3 is 4.40 Å². The Hall–Kier alpha value is -1.71. The van der Waals surface area contributed by atoms with Gasteiger partial charge in [-0.1, -0.05) is 41.6 Å². The van der Waals surface area contributed by atoms with E-state index < -0.39 is 0 Å². The molecular weight excluding hydrogens is 302 g/mol. The summed E-state index contributed by atoms with van der Waals surface area (Å²) >= 11 is 7.70. The molecule has 1 aliphatic rings. The van der Waals surface area contributed by atoms with Crippen molar-refractivity contribution in [3.63, 3.8) is 0 Å². The van der Waals surface area contributed by atoms with E-state index in [4.69, 9.17) is 11.6 Å². The van der Waals surface area contributed by atoms with Gasteiger partial charge in [0.2, 0.25) is 0 Å². The molecule has 0 spiro atoms. The first-order valence-corrected chi connectivity index (χ1v) is 8.03. The van der Waals surface area contributed by atoms with Gasteiger partial charge in [0.25, 0.3) is 0 Å². The maximum absolute atomic E-state index is 12.5. The summed E-state index contributed by atoms with van der Waals surface area (Å²) in [5.41, 5.74) is 3.06. The summed E-state index contributed by atoms with van der Waals surface area (Å²) in [6.45, 7) is 0. The molecule has 0 N–H and O–H groups in total. The predicted octanol–water partition coefficient (Wildman–Crippen LogP) is 5.01. The molecule has 1 atom stereocenters. The van der Waals surface area contributed by atoms with E-state index in [1.807, 2.05) is 54.7 Å².